The van der Waals surface area contributed by atoms with Gasteiger partial charge in [-0.05, 0) is 0 Å². The van der Waals surface area contributed by atoms with Crippen LogP contribution in [0.5, 0.6) is 0 Å². The third kappa shape index (κ3) is 15.7. The van der Waals surface area contributed by atoms with E-state index in [1.54, 1.807) is 0 Å². The maximum atomic E-state index is 2.40. The standard InChI is InChI=1S/C4H11Si.2ClH.Ga/c1-5(2,3)4;;;/h1H2,2-4H3;2*1H;. The Morgan fingerprint density at radius 2 is 1.25 bits per heavy atom. The van der Waals surface area contributed by atoms with Gasteiger partial charge in [0.1, 0.15) is 0 Å². The van der Waals surface area contributed by atoms with Crippen LogP contribution in [0.25, 0.3) is 0 Å². The molecule has 0 saturated carbocycles. The third-order valence-corrected chi connectivity index (χ3v) is 9.55. The molecule has 0 saturated heterocycles. The molecular weight excluding hydrogens is 217 g/mol. The van der Waals surface area contributed by atoms with Gasteiger partial charge in [0.05, 0.1) is 0 Å². The Morgan fingerprint density at radius 3 is 1.25 bits per heavy atom. The van der Waals surface area contributed by atoms with Crippen LogP contribution in [0, 0.1) is 0 Å². The van der Waals surface area contributed by atoms with Crippen LogP contribution >= 0.6 is 24.8 Å². The Kier molecular flexibility index (Phi) is 13.3. The molecule has 0 rings (SSSR count). The zero-order chi connectivity index (χ0) is 5.21. The molecule has 8 heavy (non-hydrogen) atoms. The van der Waals surface area contributed by atoms with Gasteiger partial charge in [-0.2, -0.15) is 0 Å². The van der Waals surface area contributed by atoms with E-state index < -0.39 is 8.07 Å². The van der Waals surface area contributed by atoms with E-state index in [0.717, 1.165) is 0 Å². The minimum Gasteiger partial charge on any atom is -0.147 e. The third-order valence-electron chi connectivity index (χ3n) is 0.612. The topological polar surface area (TPSA) is 0 Å². The van der Waals surface area contributed by atoms with Gasteiger partial charge < -0.3 is 0 Å². The summed E-state index contributed by atoms with van der Waals surface area (Å²) in [6, 6.07) is 0. The van der Waals surface area contributed by atoms with Gasteiger partial charge in [0.2, 0.25) is 0 Å². The predicted molar refractivity (Wildman–Crippen MR) is 48.4 cm³/mol. The van der Waals surface area contributed by atoms with Gasteiger partial charge in [-0.15, -0.1) is 24.8 Å². The number of hydrogen-bond donors (Lipinski definition) is 0. The Hall–Kier alpha value is 1.43. The van der Waals surface area contributed by atoms with Crippen LogP contribution in [0.3, 0.4) is 0 Å². The van der Waals surface area contributed by atoms with Crippen LogP contribution in [0.2, 0.25) is 24.2 Å². The SMILES string of the molecule is C[Si](C)(C)[CH2][Ga].Cl.Cl. The normalized spacial score (nSPS) is 8.88. The zero-order valence-corrected chi connectivity index (χ0v) is 10.7. The molecule has 0 nitrogen and oxygen atoms in total. The molecule has 0 N–H and O–H groups in total. The zero-order valence-electron chi connectivity index (χ0n) is 5.60. The van der Waals surface area contributed by atoms with E-state index in [2.05, 4.69) is 19.6 Å². The maximum absolute atomic E-state index is 2.40. The molecule has 0 aliphatic carbocycles. The van der Waals surface area contributed by atoms with Crippen LogP contribution in [-0.4, -0.2) is 26.7 Å². The van der Waals surface area contributed by atoms with Crippen LogP contribution in [0.1, 0.15) is 0 Å². The Balaban J connectivity index is -0.000000125. The number of halogens is 2. The molecule has 2 radical (unpaired) electrons. The molecule has 0 atom stereocenters. The van der Waals surface area contributed by atoms with Crippen LogP contribution in [-0.2, 0) is 0 Å². The van der Waals surface area contributed by atoms with Gasteiger partial charge in [0.25, 0.3) is 0 Å². The largest absolute Gasteiger partial charge is 0.147 e. The van der Waals surface area contributed by atoms with Crippen molar-refractivity contribution >= 4 is 51.5 Å². The van der Waals surface area contributed by atoms with E-state index in [1.165, 1.54) is 4.60 Å². The van der Waals surface area contributed by atoms with Crippen LogP contribution in [0.4, 0.5) is 0 Å². The van der Waals surface area contributed by atoms with Gasteiger partial charge in [0.15, 0.2) is 0 Å². The summed E-state index contributed by atoms with van der Waals surface area (Å²) in [5.41, 5.74) is 0. The summed E-state index contributed by atoms with van der Waals surface area (Å²) in [5, 5.41) is 0. The molecule has 0 heterocycles. The average molecular weight is 230 g/mol. The molecule has 0 bridgehead atoms. The fourth-order valence-electron chi connectivity index (χ4n) is 0. The van der Waals surface area contributed by atoms with Gasteiger partial charge in [0, 0.05) is 0 Å². The van der Waals surface area contributed by atoms with Gasteiger partial charge in [-0.1, -0.05) is 0 Å². The van der Waals surface area contributed by atoms with Gasteiger partial charge in [-0.3, -0.25) is 0 Å². The number of rotatable bonds is 1. The monoisotopic (exact) mass is 228 g/mol. The van der Waals surface area contributed by atoms with E-state index >= 15 is 0 Å². The molecule has 0 unspecified atom stereocenters. The molecule has 0 aliphatic heterocycles. The molecule has 0 aliphatic rings. The molecule has 4 heteroatoms. The smallest absolute Gasteiger partial charge is 0.147 e. The van der Waals surface area contributed by atoms with Crippen molar-refractivity contribution in [3.8, 4) is 0 Å². The van der Waals surface area contributed by atoms with Gasteiger partial charge >= 0.3 is 50.9 Å². The predicted octanol–water partition coefficient (Wildman–Crippen LogP) is 2.29. The van der Waals surface area contributed by atoms with Crippen molar-refractivity contribution in [2.45, 2.75) is 24.2 Å². The first-order valence-corrected chi connectivity index (χ1v) is 7.68. The van der Waals surface area contributed by atoms with Gasteiger partial charge in [-0.25, -0.2) is 0 Å². The maximum Gasteiger partial charge on any atom is -0.147 e. The number of hydrogen-bond acceptors (Lipinski definition) is 0. The molecular formula is C4H13Cl2GaSi. The van der Waals surface area contributed by atoms with Crippen molar-refractivity contribution in [2.24, 2.45) is 0 Å². The summed E-state index contributed by atoms with van der Waals surface area (Å²) in [6.07, 6.45) is 0. The second kappa shape index (κ2) is 6.55. The van der Waals surface area contributed by atoms with E-state index in [1.807, 2.05) is 18.6 Å². The Morgan fingerprint density at radius 1 is 1.12 bits per heavy atom. The summed E-state index contributed by atoms with van der Waals surface area (Å²) in [5.74, 6) is 0. The van der Waals surface area contributed by atoms with E-state index in [4.69, 9.17) is 0 Å². The molecule has 0 spiro atoms. The summed E-state index contributed by atoms with van der Waals surface area (Å²) in [7, 11) is -0.603. The molecule has 0 fully saturated rings. The average Bonchev–Trinajstić information content (AvgIpc) is 1.35. The van der Waals surface area contributed by atoms with Crippen molar-refractivity contribution in [2.75, 3.05) is 0 Å². The van der Waals surface area contributed by atoms with E-state index in [-0.39, 0.29) is 24.8 Å². The second-order valence-corrected chi connectivity index (χ2v) is 10.9. The van der Waals surface area contributed by atoms with Crippen molar-refractivity contribution in [3.05, 3.63) is 0 Å². The first-order valence-electron chi connectivity index (χ1n) is 2.26. The summed E-state index contributed by atoms with van der Waals surface area (Å²) < 4.78 is 1.47. The fraction of sp³-hybridized carbons (Fsp3) is 1.00. The first kappa shape index (κ1) is 16.2. The Bertz CT molecular complexity index is 43.8. The van der Waals surface area contributed by atoms with Crippen molar-refractivity contribution < 1.29 is 0 Å². The molecule has 50 valence electrons. The van der Waals surface area contributed by atoms with E-state index in [0.29, 0.717) is 0 Å². The van der Waals surface area contributed by atoms with Crippen molar-refractivity contribution in [1.29, 1.82) is 0 Å². The van der Waals surface area contributed by atoms with Crippen LogP contribution in [0.15, 0.2) is 0 Å². The van der Waals surface area contributed by atoms with Crippen LogP contribution < -0.4 is 0 Å². The fourth-order valence-corrected chi connectivity index (χ4v) is 0. The minimum absolute atomic E-state index is 0. The molecule has 0 aromatic carbocycles. The van der Waals surface area contributed by atoms with Crippen molar-refractivity contribution in [3.63, 3.8) is 0 Å². The molecule has 0 amide bonds. The summed E-state index contributed by atoms with van der Waals surface area (Å²) in [6.45, 7) is 7.19. The second-order valence-electron chi connectivity index (χ2n) is 2.76. The first-order chi connectivity index (χ1) is 2.56. The summed E-state index contributed by atoms with van der Waals surface area (Å²) in [4.78, 5) is 0. The summed E-state index contributed by atoms with van der Waals surface area (Å²) >= 11 is 1.88. The minimum atomic E-state index is -0.603. The van der Waals surface area contributed by atoms with Crippen molar-refractivity contribution in [1.82, 2.24) is 0 Å². The molecule has 0 aromatic heterocycles. The molecule has 0 aromatic rings. The quantitative estimate of drug-likeness (QED) is 0.606. The Labute approximate surface area is 75.6 Å². The van der Waals surface area contributed by atoms with E-state index in [9.17, 15) is 0 Å².